The number of benzene rings is 1. The summed E-state index contributed by atoms with van der Waals surface area (Å²) in [4.78, 5) is 0. The minimum atomic E-state index is -0.0127. The van der Waals surface area contributed by atoms with Gasteiger partial charge in [-0.1, -0.05) is 22.0 Å². The van der Waals surface area contributed by atoms with Crippen LogP contribution in [0, 0.1) is 0 Å². The third-order valence-electron chi connectivity index (χ3n) is 3.42. The fourth-order valence-electron chi connectivity index (χ4n) is 2.37. The lowest BCUT2D eigenvalue weighted by molar-refractivity contribution is 0.0980. The highest BCUT2D eigenvalue weighted by molar-refractivity contribution is 9.10. The van der Waals surface area contributed by atoms with Crippen molar-refractivity contribution in [1.82, 2.24) is 0 Å². The fraction of sp³-hybridized carbons (Fsp3) is 0.600. The van der Waals surface area contributed by atoms with Gasteiger partial charge in [-0.25, -0.2) is 0 Å². The SMILES string of the molecule is C[C@@H](N)c1ccc(Br)cc1OCCCC1CCCO1. The van der Waals surface area contributed by atoms with Gasteiger partial charge in [-0.15, -0.1) is 0 Å². The second kappa shape index (κ2) is 7.27. The average Bonchev–Trinajstić information content (AvgIpc) is 2.87. The van der Waals surface area contributed by atoms with Gasteiger partial charge in [-0.2, -0.15) is 0 Å². The Morgan fingerprint density at radius 1 is 1.53 bits per heavy atom. The van der Waals surface area contributed by atoms with Crippen molar-refractivity contribution in [3.8, 4) is 5.75 Å². The molecule has 1 heterocycles. The van der Waals surface area contributed by atoms with Crippen molar-refractivity contribution in [2.24, 2.45) is 5.73 Å². The Morgan fingerprint density at radius 2 is 2.37 bits per heavy atom. The van der Waals surface area contributed by atoms with Crippen LogP contribution in [-0.2, 0) is 4.74 Å². The molecule has 1 aliphatic heterocycles. The van der Waals surface area contributed by atoms with Crippen molar-refractivity contribution in [2.75, 3.05) is 13.2 Å². The Bertz CT molecular complexity index is 403. The molecule has 1 aromatic rings. The van der Waals surface area contributed by atoms with E-state index in [9.17, 15) is 0 Å². The van der Waals surface area contributed by atoms with E-state index in [1.54, 1.807) is 0 Å². The first-order chi connectivity index (χ1) is 9.16. The van der Waals surface area contributed by atoms with Gasteiger partial charge < -0.3 is 15.2 Å². The molecule has 1 aliphatic rings. The summed E-state index contributed by atoms with van der Waals surface area (Å²) >= 11 is 3.47. The summed E-state index contributed by atoms with van der Waals surface area (Å²) in [6.45, 7) is 3.62. The molecule has 0 spiro atoms. The van der Waals surface area contributed by atoms with E-state index in [4.69, 9.17) is 15.2 Å². The van der Waals surface area contributed by atoms with Crippen LogP contribution in [0.4, 0.5) is 0 Å². The molecule has 106 valence electrons. The first-order valence-corrected chi connectivity index (χ1v) is 7.75. The van der Waals surface area contributed by atoms with E-state index < -0.39 is 0 Å². The first-order valence-electron chi connectivity index (χ1n) is 6.96. The van der Waals surface area contributed by atoms with Crippen LogP contribution in [0.3, 0.4) is 0 Å². The molecule has 19 heavy (non-hydrogen) atoms. The number of nitrogens with two attached hydrogens (primary N) is 1. The van der Waals surface area contributed by atoms with E-state index >= 15 is 0 Å². The zero-order valence-corrected chi connectivity index (χ0v) is 13.0. The summed E-state index contributed by atoms with van der Waals surface area (Å²) in [5.74, 6) is 0.886. The van der Waals surface area contributed by atoms with Crippen molar-refractivity contribution >= 4 is 15.9 Å². The maximum atomic E-state index is 5.95. The van der Waals surface area contributed by atoms with Crippen LogP contribution in [0.5, 0.6) is 5.75 Å². The lowest BCUT2D eigenvalue weighted by Crippen LogP contribution is -2.10. The van der Waals surface area contributed by atoms with Crippen LogP contribution in [0.2, 0.25) is 0 Å². The first kappa shape index (κ1) is 14.8. The zero-order valence-electron chi connectivity index (χ0n) is 11.4. The number of hydrogen-bond donors (Lipinski definition) is 1. The molecule has 4 heteroatoms. The highest BCUT2D eigenvalue weighted by Crippen LogP contribution is 2.28. The molecule has 0 aromatic heterocycles. The third-order valence-corrected chi connectivity index (χ3v) is 3.91. The second-order valence-corrected chi connectivity index (χ2v) is 6.01. The van der Waals surface area contributed by atoms with Crippen LogP contribution in [0.25, 0.3) is 0 Å². The molecular formula is C15H22BrNO2. The number of rotatable bonds is 6. The van der Waals surface area contributed by atoms with Gasteiger partial charge in [-0.3, -0.25) is 0 Å². The predicted octanol–water partition coefficient (Wildman–Crippen LogP) is 3.81. The highest BCUT2D eigenvalue weighted by Gasteiger charge is 2.15. The molecule has 1 unspecified atom stereocenters. The number of halogens is 1. The molecular weight excluding hydrogens is 306 g/mol. The summed E-state index contributed by atoms with van der Waals surface area (Å²) in [7, 11) is 0. The minimum Gasteiger partial charge on any atom is -0.493 e. The standard InChI is InChI=1S/C15H22BrNO2/c1-11(17)14-7-6-12(16)10-15(14)19-9-3-5-13-4-2-8-18-13/h6-7,10-11,13H,2-5,8-9,17H2,1H3/t11-,13?/m1/s1. The van der Waals surface area contributed by atoms with Crippen molar-refractivity contribution in [3.63, 3.8) is 0 Å². The Balaban J connectivity index is 1.82. The summed E-state index contributed by atoms with van der Waals surface area (Å²) < 4.78 is 12.5. The Morgan fingerprint density at radius 3 is 3.05 bits per heavy atom. The van der Waals surface area contributed by atoms with E-state index in [1.807, 2.05) is 25.1 Å². The van der Waals surface area contributed by atoms with E-state index in [1.165, 1.54) is 12.8 Å². The van der Waals surface area contributed by atoms with Crippen LogP contribution >= 0.6 is 15.9 Å². The number of hydrogen-bond acceptors (Lipinski definition) is 3. The van der Waals surface area contributed by atoms with E-state index in [-0.39, 0.29) is 6.04 Å². The molecule has 0 amide bonds. The van der Waals surface area contributed by atoms with Gasteiger partial charge in [0.15, 0.2) is 0 Å². The molecule has 0 bridgehead atoms. The van der Waals surface area contributed by atoms with Gasteiger partial charge in [0.2, 0.25) is 0 Å². The molecule has 1 fully saturated rings. The van der Waals surface area contributed by atoms with Crippen molar-refractivity contribution in [3.05, 3.63) is 28.2 Å². The Hall–Kier alpha value is -0.580. The fourth-order valence-corrected chi connectivity index (χ4v) is 2.71. The Labute approximate surface area is 123 Å². The Kier molecular flexibility index (Phi) is 5.67. The van der Waals surface area contributed by atoms with Gasteiger partial charge in [0.05, 0.1) is 12.7 Å². The summed E-state index contributed by atoms with van der Waals surface area (Å²) in [5.41, 5.74) is 7.01. The molecule has 3 nitrogen and oxygen atoms in total. The van der Waals surface area contributed by atoms with Gasteiger partial charge >= 0.3 is 0 Å². The molecule has 2 N–H and O–H groups in total. The maximum Gasteiger partial charge on any atom is 0.125 e. The highest BCUT2D eigenvalue weighted by atomic mass is 79.9. The van der Waals surface area contributed by atoms with Crippen LogP contribution in [0.15, 0.2) is 22.7 Å². The summed E-state index contributed by atoms with van der Waals surface area (Å²) in [5, 5.41) is 0. The molecule has 0 aliphatic carbocycles. The normalized spacial score (nSPS) is 20.5. The third kappa shape index (κ3) is 4.48. The van der Waals surface area contributed by atoms with E-state index in [0.717, 1.165) is 41.8 Å². The largest absolute Gasteiger partial charge is 0.493 e. The molecule has 2 atom stereocenters. The molecule has 1 aromatic carbocycles. The zero-order chi connectivity index (χ0) is 13.7. The topological polar surface area (TPSA) is 44.5 Å². The molecule has 0 saturated carbocycles. The summed E-state index contributed by atoms with van der Waals surface area (Å²) in [6.07, 6.45) is 4.95. The molecule has 2 rings (SSSR count). The second-order valence-electron chi connectivity index (χ2n) is 5.10. The van der Waals surface area contributed by atoms with Crippen molar-refractivity contribution in [2.45, 2.75) is 44.8 Å². The molecule has 0 radical (unpaired) electrons. The van der Waals surface area contributed by atoms with Crippen molar-refractivity contribution < 1.29 is 9.47 Å². The molecule has 1 saturated heterocycles. The summed E-state index contributed by atoms with van der Waals surface area (Å²) in [6, 6.07) is 5.99. The van der Waals surface area contributed by atoms with Gasteiger partial charge in [0.25, 0.3) is 0 Å². The minimum absolute atomic E-state index is 0.0127. The van der Waals surface area contributed by atoms with Crippen molar-refractivity contribution in [1.29, 1.82) is 0 Å². The van der Waals surface area contributed by atoms with Gasteiger partial charge in [-0.05, 0) is 44.7 Å². The smallest absolute Gasteiger partial charge is 0.125 e. The van der Waals surface area contributed by atoms with Crippen LogP contribution in [0.1, 0.15) is 44.2 Å². The quantitative estimate of drug-likeness (QED) is 0.808. The average molecular weight is 328 g/mol. The van der Waals surface area contributed by atoms with Gasteiger partial charge in [0.1, 0.15) is 5.75 Å². The van der Waals surface area contributed by atoms with Crippen LogP contribution in [-0.4, -0.2) is 19.3 Å². The lowest BCUT2D eigenvalue weighted by atomic mass is 10.1. The maximum absolute atomic E-state index is 5.95. The van der Waals surface area contributed by atoms with E-state index in [0.29, 0.717) is 6.10 Å². The predicted molar refractivity (Wildman–Crippen MR) is 80.4 cm³/mol. The van der Waals surface area contributed by atoms with Crippen LogP contribution < -0.4 is 10.5 Å². The van der Waals surface area contributed by atoms with Gasteiger partial charge in [0, 0.05) is 22.7 Å². The number of ether oxygens (including phenoxy) is 2. The monoisotopic (exact) mass is 327 g/mol. The van der Waals surface area contributed by atoms with E-state index in [2.05, 4.69) is 15.9 Å². The lowest BCUT2D eigenvalue weighted by Gasteiger charge is -2.15.